The van der Waals surface area contributed by atoms with Crippen molar-refractivity contribution in [3.8, 4) is 16.3 Å². The van der Waals surface area contributed by atoms with Crippen molar-refractivity contribution in [2.75, 3.05) is 6.61 Å². The molecule has 0 spiro atoms. The van der Waals surface area contributed by atoms with Gasteiger partial charge in [0.2, 0.25) is 0 Å². The van der Waals surface area contributed by atoms with E-state index in [0.717, 1.165) is 11.3 Å². The summed E-state index contributed by atoms with van der Waals surface area (Å²) in [5.74, 6) is -0.758. The first-order valence-electron chi connectivity index (χ1n) is 5.17. The van der Waals surface area contributed by atoms with Gasteiger partial charge in [-0.2, -0.15) is 0 Å². The number of hydrogen-bond donors (Lipinski definition) is 2. The third kappa shape index (κ3) is 2.40. The van der Waals surface area contributed by atoms with Gasteiger partial charge in [-0.1, -0.05) is 0 Å². The SMILES string of the molecule is CCOc1cc(-c2cc(=O)[nH]cn2)sc1C(=O)O. The maximum absolute atomic E-state index is 11.2. The van der Waals surface area contributed by atoms with Crippen molar-refractivity contribution in [3.05, 3.63) is 33.7 Å². The van der Waals surface area contributed by atoms with Crippen molar-refractivity contribution in [1.29, 1.82) is 0 Å². The number of H-pyrrole nitrogens is 1. The van der Waals surface area contributed by atoms with Gasteiger partial charge >= 0.3 is 5.97 Å². The van der Waals surface area contributed by atoms with Gasteiger partial charge in [-0.05, 0) is 6.92 Å². The van der Waals surface area contributed by atoms with Crippen molar-refractivity contribution in [3.63, 3.8) is 0 Å². The van der Waals surface area contributed by atoms with E-state index in [4.69, 9.17) is 9.84 Å². The van der Waals surface area contributed by atoms with Crippen LogP contribution in [-0.4, -0.2) is 27.7 Å². The molecule has 0 saturated carbocycles. The molecule has 94 valence electrons. The summed E-state index contributed by atoms with van der Waals surface area (Å²) in [7, 11) is 0. The van der Waals surface area contributed by atoms with Crippen LogP contribution >= 0.6 is 11.3 Å². The van der Waals surface area contributed by atoms with Gasteiger partial charge in [0.1, 0.15) is 5.75 Å². The number of carboxylic acids is 1. The van der Waals surface area contributed by atoms with E-state index >= 15 is 0 Å². The van der Waals surface area contributed by atoms with Crippen LogP contribution in [0.1, 0.15) is 16.6 Å². The summed E-state index contributed by atoms with van der Waals surface area (Å²) in [5, 5.41) is 9.05. The van der Waals surface area contributed by atoms with E-state index in [1.54, 1.807) is 13.0 Å². The Hall–Kier alpha value is -2.15. The summed E-state index contributed by atoms with van der Waals surface area (Å²) in [6.07, 6.45) is 1.28. The van der Waals surface area contributed by atoms with Crippen LogP contribution in [0.2, 0.25) is 0 Å². The average molecular weight is 266 g/mol. The quantitative estimate of drug-likeness (QED) is 0.876. The lowest BCUT2D eigenvalue weighted by atomic mass is 10.3. The highest BCUT2D eigenvalue weighted by Crippen LogP contribution is 2.35. The number of nitrogens with zero attached hydrogens (tertiary/aromatic N) is 1. The van der Waals surface area contributed by atoms with E-state index < -0.39 is 5.97 Å². The largest absolute Gasteiger partial charge is 0.492 e. The number of carbonyl (C=O) groups is 1. The Bertz CT molecular complexity index is 632. The van der Waals surface area contributed by atoms with Crippen LogP contribution in [0.3, 0.4) is 0 Å². The lowest BCUT2D eigenvalue weighted by molar-refractivity contribution is 0.0698. The highest BCUT2D eigenvalue weighted by Gasteiger charge is 2.18. The van der Waals surface area contributed by atoms with Gasteiger partial charge in [0, 0.05) is 12.1 Å². The van der Waals surface area contributed by atoms with Crippen LogP contribution < -0.4 is 10.3 Å². The van der Waals surface area contributed by atoms with Gasteiger partial charge in [-0.25, -0.2) is 9.78 Å². The molecule has 0 radical (unpaired) electrons. The van der Waals surface area contributed by atoms with Crippen molar-refractivity contribution in [1.82, 2.24) is 9.97 Å². The number of thiophene rings is 1. The third-order valence-electron chi connectivity index (χ3n) is 2.12. The first-order chi connectivity index (χ1) is 8.61. The molecule has 0 unspecified atom stereocenters. The topological polar surface area (TPSA) is 92.3 Å². The van der Waals surface area contributed by atoms with Gasteiger partial charge in [0.25, 0.3) is 5.56 Å². The van der Waals surface area contributed by atoms with Crippen molar-refractivity contribution in [2.24, 2.45) is 0 Å². The number of ether oxygens (including phenoxy) is 1. The predicted octanol–water partition coefficient (Wildman–Crippen LogP) is 1.60. The fourth-order valence-electron chi connectivity index (χ4n) is 1.42. The summed E-state index contributed by atoms with van der Waals surface area (Å²) in [5.41, 5.74) is 0.139. The molecule has 2 N–H and O–H groups in total. The summed E-state index contributed by atoms with van der Waals surface area (Å²) >= 11 is 1.03. The van der Waals surface area contributed by atoms with E-state index in [2.05, 4.69) is 9.97 Å². The second kappa shape index (κ2) is 5.01. The number of hydrogen-bond acceptors (Lipinski definition) is 5. The molecule has 2 heterocycles. The van der Waals surface area contributed by atoms with Gasteiger partial charge in [-0.15, -0.1) is 11.3 Å². The molecular weight excluding hydrogens is 256 g/mol. The van der Waals surface area contributed by atoms with E-state index in [-0.39, 0.29) is 10.4 Å². The minimum Gasteiger partial charge on any atom is -0.492 e. The molecule has 0 amide bonds. The number of aromatic amines is 1. The van der Waals surface area contributed by atoms with Crippen LogP contribution in [0.15, 0.2) is 23.3 Å². The smallest absolute Gasteiger partial charge is 0.349 e. The Kier molecular flexibility index (Phi) is 3.42. The molecule has 2 aromatic heterocycles. The molecule has 0 aliphatic carbocycles. The molecule has 0 saturated heterocycles. The minimum atomic E-state index is -1.06. The van der Waals surface area contributed by atoms with Crippen LogP contribution in [0.5, 0.6) is 5.75 Å². The zero-order chi connectivity index (χ0) is 13.1. The predicted molar refractivity (Wildman–Crippen MR) is 66.3 cm³/mol. The van der Waals surface area contributed by atoms with Gasteiger partial charge in [0.05, 0.1) is 23.5 Å². The highest BCUT2D eigenvalue weighted by atomic mass is 32.1. The molecule has 2 aromatic rings. The Labute approximate surface area is 106 Å². The molecule has 2 rings (SSSR count). The molecule has 18 heavy (non-hydrogen) atoms. The van der Waals surface area contributed by atoms with E-state index in [1.165, 1.54) is 12.4 Å². The average Bonchev–Trinajstić information content (AvgIpc) is 2.74. The number of aromatic carboxylic acids is 1. The number of rotatable bonds is 4. The standard InChI is InChI=1S/C11H10N2O4S/c1-2-17-7-4-8(18-10(7)11(15)16)6-3-9(14)13-5-12-6/h3-5H,2H2,1H3,(H,15,16)(H,12,13,14). The molecule has 0 atom stereocenters. The second-order valence-electron chi connectivity index (χ2n) is 3.34. The third-order valence-corrected chi connectivity index (χ3v) is 3.25. The maximum Gasteiger partial charge on any atom is 0.349 e. The van der Waals surface area contributed by atoms with Gasteiger partial charge in [0.15, 0.2) is 4.88 Å². The van der Waals surface area contributed by atoms with Crippen LogP contribution in [0, 0.1) is 0 Å². The van der Waals surface area contributed by atoms with E-state index in [0.29, 0.717) is 22.9 Å². The lowest BCUT2D eigenvalue weighted by Crippen LogP contribution is -2.03. The first-order valence-corrected chi connectivity index (χ1v) is 5.98. The fourth-order valence-corrected chi connectivity index (χ4v) is 2.32. The lowest BCUT2D eigenvalue weighted by Gasteiger charge is -1.99. The molecule has 0 fully saturated rings. The van der Waals surface area contributed by atoms with Crippen LogP contribution in [0.4, 0.5) is 0 Å². The van der Waals surface area contributed by atoms with Crippen molar-refractivity contribution < 1.29 is 14.6 Å². The van der Waals surface area contributed by atoms with Crippen molar-refractivity contribution in [2.45, 2.75) is 6.92 Å². The summed E-state index contributed by atoms with van der Waals surface area (Å²) in [6.45, 7) is 2.15. The fraction of sp³-hybridized carbons (Fsp3) is 0.182. The Balaban J connectivity index is 2.49. The molecule has 0 bridgehead atoms. The Morgan fingerprint density at radius 3 is 2.94 bits per heavy atom. The minimum absolute atomic E-state index is 0.105. The van der Waals surface area contributed by atoms with E-state index in [1.807, 2.05) is 0 Å². The zero-order valence-electron chi connectivity index (χ0n) is 9.47. The summed E-state index contributed by atoms with van der Waals surface area (Å²) in [6, 6.07) is 2.90. The summed E-state index contributed by atoms with van der Waals surface area (Å²) < 4.78 is 5.25. The van der Waals surface area contributed by atoms with Crippen LogP contribution in [-0.2, 0) is 0 Å². The highest BCUT2D eigenvalue weighted by molar-refractivity contribution is 7.17. The normalized spacial score (nSPS) is 10.3. The van der Waals surface area contributed by atoms with Gasteiger partial charge < -0.3 is 14.8 Å². The molecule has 7 heteroatoms. The Morgan fingerprint density at radius 2 is 2.33 bits per heavy atom. The van der Waals surface area contributed by atoms with Crippen LogP contribution in [0.25, 0.3) is 10.6 Å². The molecule has 6 nitrogen and oxygen atoms in total. The molecule has 0 aliphatic heterocycles. The molecular formula is C11H10N2O4S. The van der Waals surface area contributed by atoms with Gasteiger partial charge in [-0.3, -0.25) is 4.79 Å². The number of aromatic nitrogens is 2. The molecule has 0 aliphatic rings. The number of carboxylic acid groups (broad SMARTS) is 1. The zero-order valence-corrected chi connectivity index (χ0v) is 10.3. The summed E-state index contributed by atoms with van der Waals surface area (Å²) in [4.78, 5) is 29.3. The van der Waals surface area contributed by atoms with E-state index in [9.17, 15) is 9.59 Å². The second-order valence-corrected chi connectivity index (χ2v) is 4.39. The maximum atomic E-state index is 11.2. The first kappa shape index (κ1) is 12.3. The molecule has 0 aromatic carbocycles. The number of nitrogens with one attached hydrogen (secondary N) is 1. The van der Waals surface area contributed by atoms with Crippen molar-refractivity contribution >= 4 is 17.3 Å². The Morgan fingerprint density at radius 1 is 1.56 bits per heavy atom. The monoisotopic (exact) mass is 266 g/mol.